The molecule has 0 aliphatic rings. The van der Waals surface area contributed by atoms with Crippen molar-refractivity contribution in [3.63, 3.8) is 0 Å². The van der Waals surface area contributed by atoms with E-state index in [4.69, 9.17) is 10.00 Å². The predicted octanol–water partition coefficient (Wildman–Crippen LogP) is 1.17. The maximum atomic E-state index is 11.1. The van der Waals surface area contributed by atoms with Crippen molar-refractivity contribution in [3.05, 3.63) is 24.3 Å². The van der Waals surface area contributed by atoms with Gasteiger partial charge in [-0.25, -0.2) is 4.79 Å². The summed E-state index contributed by atoms with van der Waals surface area (Å²) in [6.07, 6.45) is 0. The van der Waals surface area contributed by atoms with Gasteiger partial charge in [0, 0.05) is 5.69 Å². The summed E-state index contributed by atoms with van der Waals surface area (Å²) in [6.45, 7) is 0. The molecule has 0 bridgehead atoms. The molecule has 1 aromatic carbocycles. The quantitative estimate of drug-likeness (QED) is 0.771. The maximum absolute atomic E-state index is 11.1. The average Bonchev–Trinajstić information content (AvgIpc) is 2.35. The molecule has 84 valence electrons. The summed E-state index contributed by atoms with van der Waals surface area (Å²) in [5.74, 6) is 0.0930. The van der Waals surface area contributed by atoms with E-state index < -0.39 is 12.0 Å². The molecule has 0 amide bonds. The van der Waals surface area contributed by atoms with Gasteiger partial charge in [0.2, 0.25) is 6.04 Å². The predicted molar refractivity (Wildman–Crippen MR) is 58.0 cm³/mol. The van der Waals surface area contributed by atoms with Gasteiger partial charge in [-0.05, 0) is 24.3 Å². The first-order chi connectivity index (χ1) is 7.71. The Morgan fingerprint density at radius 2 is 2.00 bits per heavy atom. The van der Waals surface area contributed by atoms with Gasteiger partial charge in [-0.15, -0.1) is 0 Å². The second-order valence-electron chi connectivity index (χ2n) is 2.96. The Hall–Kier alpha value is -2.22. The minimum Gasteiger partial charge on any atom is -0.497 e. The van der Waals surface area contributed by atoms with Crippen LogP contribution in [-0.4, -0.2) is 26.2 Å². The second kappa shape index (κ2) is 5.61. The average molecular weight is 220 g/mol. The molecule has 0 radical (unpaired) electrons. The summed E-state index contributed by atoms with van der Waals surface area (Å²) < 4.78 is 9.46. The number of carbonyl (C=O) groups excluding carboxylic acids is 1. The van der Waals surface area contributed by atoms with Crippen LogP contribution in [0.25, 0.3) is 0 Å². The summed E-state index contributed by atoms with van der Waals surface area (Å²) in [5, 5.41) is 11.5. The smallest absolute Gasteiger partial charge is 0.343 e. The molecule has 1 aromatic rings. The second-order valence-corrected chi connectivity index (χ2v) is 2.96. The van der Waals surface area contributed by atoms with Crippen molar-refractivity contribution < 1.29 is 14.3 Å². The first-order valence-corrected chi connectivity index (χ1v) is 4.59. The highest BCUT2D eigenvalue weighted by atomic mass is 16.5. The van der Waals surface area contributed by atoms with Crippen molar-refractivity contribution in [3.8, 4) is 11.8 Å². The Bertz CT molecular complexity index is 395. The molecule has 5 heteroatoms. The topological polar surface area (TPSA) is 71.4 Å². The third-order valence-electron chi connectivity index (χ3n) is 1.97. The SMILES string of the molecule is COC(=O)C(C#N)Nc1ccc(OC)cc1. The third-order valence-corrected chi connectivity index (χ3v) is 1.97. The van der Waals surface area contributed by atoms with Crippen LogP contribution in [0.1, 0.15) is 0 Å². The molecule has 0 aliphatic carbocycles. The van der Waals surface area contributed by atoms with Crippen LogP contribution in [0.2, 0.25) is 0 Å². The molecular formula is C11H12N2O3. The lowest BCUT2D eigenvalue weighted by Crippen LogP contribution is -2.28. The van der Waals surface area contributed by atoms with E-state index in [1.807, 2.05) is 6.07 Å². The lowest BCUT2D eigenvalue weighted by atomic mass is 10.2. The summed E-state index contributed by atoms with van der Waals surface area (Å²) in [4.78, 5) is 11.1. The number of nitrogens with zero attached hydrogens (tertiary/aromatic N) is 1. The zero-order valence-corrected chi connectivity index (χ0v) is 9.06. The number of nitrogens with one attached hydrogen (secondary N) is 1. The fourth-order valence-electron chi connectivity index (χ4n) is 1.12. The van der Waals surface area contributed by atoms with E-state index in [-0.39, 0.29) is 0 Å². The van der Waals surface area contributed by atoms with Gasteiger partial charge in [0.15, 0.2) is 0 Å². The van der Waals surface area contributed by atoms with Crippen molar-refractivity contribution in [2.75, 3.05) is 19.5 Å². The molecule has 1 N–H and O–H groups in total. The van der Waals surface area contributed by atoms with Crippen molar-refractivity contribution in [2.24, 2.45) is 0 Å². The fourth-order valence-corrected chi connectivity index (χ4v) is 1.12. The number of ether oxygens (including phenoxy) is 2. The number of hydrogen-bond donors (Lipinski definition) is 1. The molecule has 0 aromatic heterocycles. The van der Waals surface area contributed by atoms with E-state index in [2.05, 4.69) is 10.1 Å². The van der Waals surface area contributed by atoms with Crippen LogP contribution in [0.5, 0.6) is 5.75 Å². The van der Waals surface area contributed by atoms with Gasteiger partial charge in [0.1, 0.15) is 5.75 Å². The molecule has 0 spiro atoms. The van der Waals surface area contributed by atoms with E-state index in [0.717, 1.165) is 0 Å². The van der Waals surface area contributed by atoms with Crippen LogP contribution in [0.3, 0.4) is 0 Å². The molecule has 16 heavy (non-hydrogen) atoms. The monoisotopic (exact) mass is 220 g/mol. The van der Waals surface area contributed by atoms with Crippen LogP contribution in [0, 0.1) is 11.3 Å². The van der Waals surface area contributed by atoms with Gasteiger partial charge >= 0.3 is 5.97 Å². The molecule has 1 atom stereocenters. The van der Waals surface area contributed by atoms with Crippen molar-refractivity contribution in [1.82, 2.24) is 0 Å². The number of nitriles is 1. The van der Waals surface area contributed by atoms with Crippen LogP contribution in [0.15, 0.2) is 24.3 Å². The molecule has 0 aliphatic heterocycles. The highest BCUT2D eigenvalue weighted by Crippen LogP contribution is 2.15. The first-order valence-electron chi connectivity index (χ1n) is 4.59. The van der Waals surface area contributed by atoms with Gasteiger partial charge in [0.05, 0.1) is 20.3 Å². The Morgan fingerprint density at radius 3 is 2.44 bits per heavy atom. The highest BCUT2D eigenvalue weighted by Gasteiger charge is 2.17. The van der Waals surface area contributed by atoms with Crippen molar-refractivity contribution >= 4 is 11.7 Å². The minimum atomic E-state index is -1.00. The first kappa shape index (κ1) is 11.9. The third kappa shape index (κ3) is 2.89. The van der Waals surface area contributed by atoms with Gasteiger partial charge < -0.3 is 14.8 Å². The van der Waals surface area contributed by atoms with E-state index in [0.29, 0.717) is 11.4 Å². The number of esters is 1. The Labute approximate surface area is 93.6 Å². The van der Waals surface area contributed by atoms with Crippen molar-refractivity contribution in [1.29, 1.82) is 5.26 Å². The Balaban J connectivity index is 2.71. The molecule has 1 rings (SSSR count). The maximum Gasteiger partial charge on any atom is 0.343 e. The number of hydrogen-bond acceptors (Lipinski definition) is 5. The Kier molecular flexibility index (Phi) is 4.16. The van der Waals surface area contributed by atoms with Crippen LogP contribution >= 0.6 is 0 Å². The highest BCUT2D eigenvalue weighted by molar-refractivity contribution is 5.82. The molecule has 0 saturated carbocycles. The zero-order valence-electron chi connectivity index (χ0n) is 9.06. The summed E-state index contributed by atoms with van der Waals surface area (Å²) in [5.41, 5.74) is 0.651. The molecule has 0 fully saturated rings. The zero-order chi connectivity index (χ0) is 12.0. The lowest BCUT2D eigenvalue weighted by Gasteiger charge is -2.10. The van der Waals surface area contributed by atoms with Gasteiger partial charge in [-0.3, -0.25) is 0 Å². The molecule has 0 saturated heterocycles. The number of anilines is 1. The number of benzene rings is 1. The van der Waals surface area contributed by atoms with Crippen LogP contribution in [0.4, 0.5) is 5.69 Å². The van der Waals surface area contributed by atoms with E-state index in [1.165, 1.54) is 7.11 Å². The molecule has 0 heterocycles. The minimum absolute atomic E-state index is 0.613. The molecule has 5 nitrogen and oxygen atoms in total. The molecule has 1 unspecified atom stereocenters. The van der Waals surface area contributed by atoms with Gasteiger partial charge in [-0.2, -0.15) is 5.26 Å². The molecular weight excluding hydrogens is 208 g/mol. The summed E-state index contributed by atoms with van der Waals surface area (Å²) in [7, 11) is 2.80. The Morgan fingerprint density at radius 1 is 1.38 bits per heavy atom. The lowest BCUT2D eigenvalue weighted by molar-refractivity contribution is -0.140. The summed E-state index contributed by atoms with van der Waals surface area (Å²) in [6, 6.07) is 7.70. The van der Waals surface area contributed by atoms with Crippen LogP contribution < -0.4 is 10.1 Å². The van der Waals surface area contributed by atoms with Gasteiger partial charge in [-0.1, -0.05) is 0 Å². The fraction of sp³-hybridized carbons (Fsp3) is 0.273. The number of methoxy groups -OCH3 is 2. The number of rotatable bonds is 4. The normalized spacial score (nSPS) is 11.1. The standard InChI is InChI=1S/C11H12N2O3/c1-15-9-5-3-8(4-6-9)13-10(7-12)11(14)16-2/h3-6,10,13H,1-2H3. The van der Waals surface area contributed by atoms with E-state index in [1.54, 1.807) is 31.4 Å². The van der Waals surface area contributed by atoms with Crippen LogP contribution in [-0.2, 0) is 9.53 Å². The van der Waals surface area contributed by atoms with E-state index in [9.17, 15) is 4.79 Å². The van der Waals surface area contributed by atoms with Gasteiger partial charge in [0.25, 0.3) is 0 Å². The van der Waals surface area contributed by atoms with Crippen molar-refractivity contribution in [2.45, 2.75) is 6.04 Å². The van der Waals surface area contributed by atoms with E-state index >= 15 is 0 Å². The number of carbonyl (C=O) groups is 1. The largest absolute Gasteiger partial charge is 0.497 e. The summed E-state index contributed by atoms with van der Waals surface area (Å²) >= 11 is 0.